The summed E-state index contributed by atoms with van der Waals surface area (Å²) >= 11 is 0. The number of hydrogen-bond acceptors (Lipinski definition) is 5. The Kier molecular flexibility index (Phi) is 4.90. The normalized spacial score (nSPS) is 14.4. The third-order valence-corrected chi connectivity index (χ3v) is 4.38. The number of hydrogen-bond donors (Lipinski definition) is 1. The Morgan fingerprint density at radius 3 is 2.24 bits per heavy atom. The van der Waals surface area contributed by atoms with Crippen LogP contribution in [0.3, 0.4) is 0 Å². The summed E-state index contributed by atoms with van der Waals surface area (Å²) in [5.74, 6) is 0.948. The number of halogens is 2. The monoisotopic (exact) mass is 359 g/mol. The molecule has 1 fully saturated rings. The number of aromatic nitrogens is 2. The lowest BCUT2D eigenvalue weighted by atomic mass is 10.2. The van der Waals surface area contributed by atoms with E-state index in [1.165, 1.54) is 6.07 Å². The van der Waals surface area contributed by atoms with Gasteiger partial charge in [0, 0.05) is 31.6 Å². The van der Waals surface area contributed by atoms with Gasteiger partial charge in [0.2, 0.25) is 5.95 Å². The lowest BCUT2D eigenvalue weighted by Gasteiger charge is -2.36. The molecule has 1 saturated heterocycles. The number of benzene rings is 2. The molecule has 0 spiro atoms. The molecule has 25 heavy (non-hydrogen) atoms. The van der Waals surface area contributed by atoms with Crippen molar-refractivity contribution in [1.82, 2.24) is 9.97 Å². The summed E-state index contributed by atoms with van der Waals surface area (Å²) in [5, 5.41) is 0.867. The van der Waals surface area contributed by atoms with Gasteiger partial charge in [0.05, 0.1) is 11.2 Å². The van der Waals surface area contributed by atoms with Crippen molar-refractivity contribution >= 4 is 40.8 Å². The van der Waals surface area contributed by atoms with Crippen molar-refractivity contribution in [3.8, 4) is 0 Å². The van der Waals surface area contributed by atoms with Crippen molar-refractivity contribution in [3.05, 3.63) is 54.3 Å². The van der Waals surface area contributed by atoms with Crippen LogP contribution >= 0.6 is 12.4 Å². The summed E-state index contributed by atoms with van der Waals surface area (Å²) < 4.78 is 13.9. The molecule has 0 atom stereocenters. The van der Waals surface area contributed by atoms with E-state index in [1.807, 2.05) is 36.4 Å². The van der Waals surface area contributed by atoms with Gasteiger partial charge < -0.3 is 15.5 Å². The van der Waals surface area contributed by atoms with Crippen LogP contribution in [0.25, 0.3) is 10.9 Å². The van der Waals surface area contributed by atoms with Gasteiger partial charge in [-0.25, -0.2) is 9.37 Å². The van der Waals surface area contributed by atoms with Crippen LogP contribution in [0, 0.1) is 5.82 Å². The molecule has 3 aromatic rings. The molecule has 5 nitrogen and oxygen atoms in total. The number of nitrogens with zero attached hydrogens (tertiary/aromatic N) is 4. The predicted molar refractivity (Wildman–Crippen MR) is 102 cm³/mol. The predicted octanol–water partition coefficient (Wildman–Crippen LogP) is 3.10. The van der Waals surface area contributed by atoms with Crippen molar-refractivity contribution in [3.63, 3.8) is 0 Å². The van der Waals surface area contributed by atoms with E-state index in [4.69, 9.17) is 5.73 Å². The molecule has 0 aliphatic carbocycles. The van der Waals surface area contributed by atoms with Crippen LogP contribution in [0.15, 0.2) is 48.5 Å². The number of piperazine rings is 1. The first-order chi connectivity index (χ1) is 11.7. The van der Waals surface area contributed by atoms with Crippen molar-refractivity contribution in [2.75, 3.05) is 41.7 Å². The fourth-order valence-electron chi connectivity index (χ4n) is 3.09. The highest BCUT2D eigenvalue weighted by atomic mass is 35.5. The van der Waals surface area contributed by atoms with Crippen LogP contribution in [-0.4, -0.2) is 36.1 Å². The van der Waals surface area contributed by atoms with Crippen molar-refractivity contribution < 1.29 is 4.39 Å². The highest BCUT2D eigenvalue weighted by molar-refractivity contribution is 5.88. The number of rotatable bonds is 2. The Bertz CT molecular complexity index is 880. The maximum atomic E-state index is 13.9. The first kappa shape index (κ1) is 17.2. The number of para-hydroxylation sites is 2. The average molecular weight is 360 g/mol. The summed E-state index contributed by atoms with van der Waals surface area (Å²) in [7, 11) is 0. The van der Waals surface area contributed by atoms with Gasteiger partial charge in [0.1, 0.15) is 11.6 Å². The molecule has 0 amide bonds. The zero-order chi connectivity index (χ0) is 16.5. The average Bonchev–Trinajstić information content (AvgIpc) is 2.62. The maximum Gasteiger partial charge on any atom is 0.228 e. The molecular formula is C18H19ClFN5. The van der Waals surface area contributed by atoms with E-state index in [0.717, 1.165) is 37.1 Å². The molecule has 2 aromatic carbocycles. The van der Waals surface area contributed by atoms with Gasteiger partial charge in [0.25, 0.3) is 0 Å². The maximum absolute atomic E-state index is 13.9. The van der Waals surface area contributed by atoms with E-state index in [2.05, 4.69) is 19.8 Å². The van der Waals surface area contributed by atoms with Crippen LogP contribution in [0.5, 0.6) is 0 Å². The molecule has 0 saturated carbocycles. The van der Waals surface area contributed by atoms with Crippen molar-refractivity contribution in [2.24, 2.45) is 0 Å². The van der Waals surface area contributed by atoms with Gasteiger partial charge in [0.15, 0.2) is 0 Å². The molecule has 0 unspecified atom stereocenters. The molecule has 1 aliphatic heterocycles. The van der Waals surface area contributed by atoms with Gasteiger partial charge in [-0.1, -0.05) is 24.3 Å². The molecule has 4 rings (SSSR count). The highest BCUT2D eigenvalue weighted by Gasteiger charge is 2.21. The van der Waals surface area contributed by atoms with Gasteiger partial charge in [-0.05, 0) is 24.3 Å². The second-order valence-electron chi connectivity index (χ2n) is 5.85. The highest BCUT2D eigenvalue weighted by Crippen LogP contribution is 2.24. The van der Waals surface area contributed by atoms with Crippen LogP contribution in [0.2, 0.25) is 0 Å². The number of anilines is 3. The number of fused-ring (bicyclic) bond motifs is 1. The van der Waals surface area contributed by atoms with Crippen LogP contribution in [0.4, 0.5) is 21.8 Å². The zero-order valence-electron chi connectivity index (χ0n) is 13.6. The van der Waals surface area contributed by atoms with Gasteiger partial charge in [-0.2, -0.15) is 4.98 Å². The Morgan fingerprint density at radius 1 is 0.840 bits per heavy atom. The summed E-state index contributed by atoms with van der Waals surface area (Å²) in [6.07, 6.45) is 0. The third kappa shape index (κ3) is 3.30. The molecular weight excluding hydrogens is 341 g/mol. The fraction of sp³-hybridized carbons (Fsp3) is 0.222. The van der Waals surface area contributed by atoms with Crippen LogP contribution in [-0.2, 0) is 0 Å². The van der Waals surface area contributed by atoms with Gasteiger partial charge >= 0.3 is 0 Å². The van der Waals surface area contributed by atoms with E-state index in [1.54, 1.807) is 6.07 Å². The lowest BCUT2D eigenvalue weighted by Crippen LogP contribution is -2.47. The second-order valence-corrected chi connectivity index (χ2v) is 5.85. The van der Waals surface area contributed by atoms with Gasteiger partial charge in [-0.3, -0.25) is 0 Å². The minimum absolute atomic E-state index is 0. The summed E-state index contributed by atoms with van der Waals surface area (Å²) in [6.45, 7) is 2.90. The summed E-state index contributed by atoms with van der Waals surface area (Å²) in [6, 6.07) is 14.6. The quantitative estimate of drug-likeness (QED) is 0.762. The SMILES string of the molecule is Cl.Nc1nc(N2CCN(c3ccccc3F)CC2)nc2ccccc12. The Labute approximate surface area is 151 Å². The van der Waals surface area contributed by atoms with Gasteiger partial charge in [-0.15, -0.1) is 12.4 Å². The summed E-state index contributed by atoms with van der Waals surface area (Å²) in [4.78, 5) is 13.2. The molecule has 130 valence electrons. The Balaban J connectivity index is 0.00000182. The molecule has 1 aromatic heterocycles. The summed E-state index contributed by atoms with van der Waals surface area (Å²) in [5.41, 5.74) is 7.56. The molecule has 7 heteroatoms. The third-order valence-electron chi connectivity index (χ3n) is 4.38. The lowest BCUT2D eigenvalue weighted by molar-refractivity contribution is 0.594. The minimum atomic E-state index is -0.183. The van der Waals surface area contributed by atoms with E-state index < -0.39 is 0 Å². The molecule has 1 aliphatic rings. The Hall–Kier alpha value is -2.60. The first-order valence-corrected chi connectivity index (χ1v) is 7.99. The first-order valence-electron chi connectivity index (χ1n) is 7.99. The standard InChI is InChI=1S/C18H18FN5.ClH/c19-14-6-2-4-8-16(14)23-9-11-24(12-10-23)18-21-15-7-3-1-5-13(15)17(20)22-18;/h1-8H,9-12H2,(H2,20,21,22);1H. The zero-order valence-corrected chi connectivity index (χ0v) is 14.4. The van der Waals surface area contributed by atoms with Crippen molar-refractivity contribution in [2.45, 2.75) is 0 Å². The Morgan fingerprint density at radius 2 is 1.48 bits per heavy atom. The van der Waals surface area contributed by atoms with E-state index >= 15 is 0 Å². The second kappa shape index (κ2) is 7.11. The van der Waals surface area contributed by atoms with E-state index in [0.29, 0.717) is 17.5 Å². The smallest absolute Gasteiger partial charge is 0.228 e. The molecule has 2 heterocycles. The fourth-order valence-corrected chi connectivity index (χ4v) is 3.09. The largest absolute Gasteiger partial charge is 0.383 e. The van der Waals surface area contributed by atoms with Crippen LogP contribution in [0.1, 0.15) is 0 Å². The molecule has 0 bridgehead atoms. The van der Waals surface area contributed by atoms with E-state index in [-0.39, 0.29) is 18.2 Å². The molecule has 0 radical (unpaired) electrons. The van der Waals surface area contributed by atoms with Crippen molar-refractivity contribution in [1.29, 1.82) is 0 Å². The van der Waals surface area contributed by atoms with E-state index in [9.17, 15) is 4.39 Å². The topological polar surface area (TPSA) is 58.3 Å². The number of nitrogen functional groups attached to an aromatic ring is 1. The minimum Gasteiger partial charge on any atom is -0.383 e. The molecule has 2 N–H and O–H groups in total. The van der Waals surface area contributed by atoms with Crippen LogP contribution < -0.4 is 15.5 Å². The number of nitrogens with two attached hydrogens (primary N) is 1.